The number of aromatic nitrogens is 2. The van der Waals surface area contributed by atoms with Crippen molar-refractivity contribution in [2.45, 2.75) is 5.03 Å². The lowest BCUT2D eigenvalue weighted by Crippen LogP contribution is -2.14. The number of primary sulfonamides is 1. The molecule has 0 aliphatic heterocycles. The van der Waals surface area contributed by atoms with E-state index in [1.807, 2.05) is 0 Å². The van der Waals surface area contributed by atoms with Crippen LogP contribution >= 0.6 is 0 Å². The predicted octanol–water partition coefficient (Wildman–Crippen LogP) is -1.14. The second kappa shape index (κ2) is 2.49. The predicted molar refractivity (Wildman–Crippen MR) is 35.4 cm³/mol. The van der Waals surface area contributed by atoms with Crippen LogP contribution in [0.5, 0.6) is 0 Å². The van der Waals surface area contributed by atoms with Gasteiger partial charge in [-0.1, -0.05) is 0 Å². The molecule has 0 radical (unpaired) electrons. The second-order valence-corrected chi connectivity index (χ2v) is 3.24. The number of H-pyrrole nitrogens is 1. The summed E-state index contributed by atoms with van der Waals surface area (Å²) in [6.07, 6.45) is 1.17. The van der Waals surface area contributed by atoms with Crippen molar-refractivity contribution in [3.8, 4) is 0 Å². The normalized spacial score (nSPS) is 11.5. The zero-order chi connectivity index (χ0) is 8.48. The molecule has 0 saturated heterocycles. The Morgan fingerprint density at radius 3 is 2.73 bits per heavy atom. The summed E-state index contributed by atoms with van der Waals surface area (Å²) in [7, 11) is -3.87. The minimum Gasteiger partial charge on any atom is -0.291 e. The van der Waals surface area contributed by atoms with Crippen LogP contribution in [0.3, 0.4) is 0 Å². The molecule has 1 rings (SSSR count). The first kappa shape index (κ1) is 7.98. The molecule has 0 aliphatic rings. The van der Waals surface area contributed by atoms with Gasteiger partial charge in [0, 0.05) is 6.20 Å². The van der Waals surface area contributed by atoms with Crippen molar-refractivity contribution in [3.63, 3.8) is 0 Å². The van der Waals surface area contributed by atoms with E-state index >= 15 is 0 Å². The summed E-state index contributed by atoms with van der Waals surface area (Å²) in [6.45, 7) is 0. The quantitative estimate of drug-likeness (QED) is 0.426. The van der Waals surface area contributed by atoms with Gasteiger partial charge >= 0.3 is 0 Å². The van der Waals surface area contributed by atoms with Crippen molar-refractivity contribution in [1.29, 1.82) is 0 Å². The summed E-state index contributed by atoms with van der Waals surface area (Å²) in [6, 6.07) is 0. The van der Waals surface area contributed by atoms with E-state index in [4.69, 9.17) is 10.3 Å². The average molecular weight is 178 g/mol. The van der Waals surface area contributed by atoms with Crippen LogP contribution in [0.4, 0.5) is 5.69 Å². The minimum absolute atomic E-state index is 0.0764. The van der Waals surface area contributed by atoms with Gasteiger partial charge in [0.2, 0.25) is 5.03 Å². The first-order valence-corrected chi connectivity index (χ1v) is 4.07. The van der Waals surface area contributed by atoms with Crippen LogP contribution in [0, 0.1) is 0 Å². The molecule has 0 bridgehead atoms. The van der Waals surface area contributed by atoms with E-state index in [-0.39, 0.29) is 5.69 Å². The maximum atomic E-state index is 10.6. The summed E-state index contributed by atoms with van der Waals surface area (Å²) >= 11 is 0. The molecule has 0 spiro atoms. The van der Waals surface area contributed by atoms with Gasteiger partial charge < -0.3 is 0 Å². The number of aromatic amines is 1. The SMILES string of the molecule is NS(=O)(=O)c1n[nH]cc1NO. The van der Waals surface area contributed by atoms with Crippen LogP contribution in [0.15, 0.2) is 11.2 Å². The van der Waals surface area contributed by atoms with Gasteiger partial charge in [-0.3, -0.25) is 15.8 Å². The number of sulfonamides is 1. The summed E-state index contributed by atoms with van der Waals surface area (Å²) in [5.74, 6) is 0. The fraction of sp³-hybridized carbons (Fsp3) is 0. The number of anilines is 1. The number of rotatable bonds is 2. The molecular formula is C3H6N4O3S. The standard InChI is InChI=1S/C3H6N4O3S/c4-11(9,10)3-2(7-8)1-5-6-3/h1,7-8H,(H,5,6)(H2,4,9,10). The third-order valence-corrected chi connectivity index (χ3v) is 1.85. The van der Waals surface area contributed by atoms with Gasteiger partial charge in [0.05, 0.1) is 0 Å². The Kier molecular flexibility index (Phi) is 1.81. The lowest BCUT2D eigenvalue weighted by molar-refractivity contribution is 0.386. The molecule has 62 valence electrons. The Hall–Kier alpha value is -1.12. The Morgan fingerprint density at radius 1 is 1.73 bits per heavy atom. The zero-order valence-electron chi connectivity index (χ0n) is 5.27. The summed E-state index contributed by atoms with van der Waals surface area (Å²) in [5.41, 5.74) is 1.55. The maximum Gasteiger partial charge on any atom is 0.259 e. The van der Waals surface area contributed by atoms with Gasteiger partial charge in [0.15, 0.2) is 0 Å². The largest absolute Gasteiger partial charge is 0.291 e. The van der Waals surface area contributed by atoms with Crippen molar-refractivity contribution < 1.29 is 13.6 Å². The summed E-state index contributed by atoms with van der Waals surface area (Å²) in [4.78, 5) is 0. The molecule has 0 atom stereocenters. The zero-order valence-corrected chi connectivity index (χ0v) is 6.09. The van der Waals surface area contributed by atoms with E-state index in [2.05, 4.69) is 10.2 Å². The van der Waals surface area contributed by atoms with Crippen LogP contribution in [0.2, 0.25) is 0 Å². The molecule has 0 fully saturated rings. The van der Waals surface area contributed by atoms with Gasteiger partial charge in [-0.15, -0.1) is 0 Å². The second-order valence-electron chi connectivity index (χ2n) is 1.76. The summed E-state index contributed by atoms with van der Waals surface area (Å²) < 4.78 is 21.2. The van der Waals surface area contributed by atoms with Crippen LogP contribution in [-0.2, 0) is 10.0 Å². The Balaban J connectivity index is 3.24. The number of hydrogen-bond donors (Lipinski definition) is 4. The van der Waals surface area contributed by atoms with Crippen LogP contribution in [-0.4, -0.2) is 23.8 Å². The molecule has 7 nitrogen and oxygen atoms in total. The smallest absolute Gasteiger partial charge is 0.259 e. The van der Waals surface area contributed by atoms with Gasteiger partial charge in [-0.05, 0) is 0 Å². The monoisotopic (exact) mass is 178 g/mol. The number of nitrogens with two attached hydrogens (primary N) is 1. The van der Waals surface area contributed by atoms with Gasteiger partial charge in [0.1, 0.15) is 5.69 Å². The molecule has 5 N–H and O–H groups in total. The van der Waals surface area contributed by atoms with Gasteiger partial charge in [-0.2, -0.15) is 5.10 Å². The van der Waals surface area contributed by atoms with E-state index in [9.17, 15) is 8.42 Å². The van der Waals surface area contributed by atoms with Gasteiger partial charge in [-0.25, -0.2) is 13.6 Å². The van der Waals surface area contributed by atoms with Crippen molar-refractivity contribution in [3.05, 3.63) is 6.20 Å². The first-order chi connectivity index (χ1) is 5.05. The molecule has 0 aromatic carbocycles. The number of hydrogen-bond acceptors (Lipinski definition) is 5. The summed E-state index contributed by atoms with van der Waals surface area (Å²) in [5, 5.41) is 18.2. The first-order valence-electron chi connectivity index (χ1n) is 2.52. The van der Waals surface area contributed by atoms with E-state index in [1.54, 1.807) is 5.48 Å². The topological polar surface area (TPSA) is 121 Å². The van der Waals surface area contributed by atoms with Crippen LogP contribution < -0.4 is 10.6 Å². The highest BCUT2D eigenvalue weighted by Gasteiger charge is 2.16. The van der Waals surface area contributed by atoms with Crippen molar-refractivity contribution in [2.75, 3.05) is 5.48 Å². The maximum absolute atomic E-state index is 10.6. The Morgan fingerprint density at radius 2 is 2.36 bits per heavy atom. The van der Waals surface area contributed by atoms with Crippen molar-refractivity contribution >= 4 is 15.7 Å². The number of nitrogens with one attached hydrogen (secondary N) is 2. The Labute approximate surface area is 62.2 Å². The van der Waals surface area contributed by atoms with E-state index in [1.165, 1.54) is 6.20 Å². The van der Waals surface area contributed by atoms with E-state index in [0.717, 1.165) is 0 Å². The minimum atomic E-state index is -3.87. The molecule has 0 saturated carbocycles. The Bertz CT molecular complexity index is 341. The average Bonchev–Trinajstić information content (AvgIpc) is 2.31. The molecule has 1 aromatic rings. The fourth-order valence-electron chi connectivity index (χ4n) is 0.574. The molecule has 0 amide bonds. The molecule has 1 heterocycles. The third kappa shape index (κ3) is 1.48. The van der Waals surface area contributed by atoms with E-state index < -0.39 is 15.0 Å². The highest BCUT2D eigenvalue weighted by Crippen LogP contribution is 2.13. The molecule has 11 heavy (non-hydrogen) atoms. The molecule has 8 heteroatoms. The van der Waals surface area contributed by atoms with Crippen LogP contribution in [0.1, 0.15) is 0 Å². The molecule has 0 aliphatic carbocycles. The lowest BCUT2D eigenvalue weighted by atomic mass is 10.6. The van der Waals surface area contributed by atoms with Gasteiger partial charge in [0.25, 0.3) is 10.0 Å². The van der Waals surface area contributed by atoms with Crippen LogP contribution in [0.25, 0.3) is 0 Å². The third-order valence-electron chi connectivity index (χ3n) is 0.995. The fourth-order valence-corrected chi connectivity index (χ4v) is 1.17. The molecular weight excluding hydrogens is 172 g/mol. The molecule has 0 unspecified atom stereocenters. The van der Waals surface area contributed by atoms with Crippen molar-refractivity contribution in [2.24, 2.45) is 5.14 Å². The highest BCUT2D eigenvalue weighted by molar-refractivity contribution is 7.89. The van der Waals surface area contributed by atoms with E-state index in [0.29, 0.717) is 0 Å². The number of nitrogens with zero attached hydrogens (tertiary/aromatic N) is 1. The molecule has 1 aromatic heterocycles. The lowest BCUT2D eigenvalue weighted by Gasteiger charge is -1.94. The highest BCUT2D eigenvalue weighted by atomic mass is 32.2. The van der Waals surface area contributed by atoms with Crippen molar-refractivity contribution in [1.82, 2.24) is 10.2 Å².